The van der Waals surface area contributed by atoms with E-state index in [0.717, 1.165) is 23.4 Å². The van der Waals surface area contributed by atoms with Gasteiger partial charge in [0.15, 0.2) is 5.76 Å². The summed E-state index contributed by atoms with van der Waals surface area (Å²) in [4.78, 5) is 28.5. The third-order valence-electron chi connectivity index (χ3n) is 4.63. The first-order valence-corrected chi connectivity index (χ1v) is 7.80. The molecule has 0 bridgehead atoms. The summed E-state index contributed by atoms with van der Waals surface area (Å²) in [7, 11) is 0. The molecule has 0 N–H and O–H groups in total. The quantitative estimate of drug-likeness (QED) is 0.789. The number of aryl methyl sites for hydroxylation is 1. The zero-order valence-electron chi connectivity index (χ0n) is 13.7. The van der Waals surface area contributed by atoms with E-state index in [4.69, 9.17) is 4.52 Å². The van der Waals surface area contributed by atoms with Crippen molar-refractivity contribution < 1.29 is 14.1 Å². The number of carbonyl (C=O) groups is 2. The van der Waals surface area contributed by atoms with E-state index in [0.29, 0.717) is 26.1 Å². The Hall–Kier alpha value is -1.85. The maximum atomic E-state index is 12.7. The minimum Gasteiger partial charge on any atom is -0.359 e. The number of nitrogens with zero attached hydrogens (tertiary/aromatic N) is 3. The predicted molar refractivity (Wildman–Crippen MR) is 79.9 cm³/mol. The third kappa shape index (κ3) is 2.51. The van der Waals surface area contributed by atoms with Gasteiger partial charge >= 0.3 is 0 Å². The average molecular weight is 305 g/mol. The van der Waals surface area contributed by atoms with Crippen molar-refractivity contribution >= 4 is 11.8 Å². The molecule has 22 heavy (non-hydrogen) atoms. The third-order valence-corrected chi connectivity index (χ3v) is 4.63. The van der Waals surface area contributed by atoms with Crippen molar-refractivity contribution in [2.24, 2.45) is 5.92 Å². The fourth-order valence-corrected chi connectivity index (χ4v) is 3.35. The summed E-state index contributed by atoms with van der Waals surface area (Å²) in [6.45, 7) is 9.59. The van der Waals surface area contributed by atoms with E-state index in [2.05, 4.69) is 5.16 Å². The standard InChI is InChI=1S/C16H23N3O3/c1-10-12-5-6-18(9-13(12)22-17-10)15(21)11-7-14(20)19(8-11)16(2,3)4/h11H,5-9H2,1-4H3. The molecule has 1 aromatic rings. The minimum atomic E-state index is -0.239. The number of aromatic nitrogens is 1. The fraction of sp³-hybridized carbons (Fsp3) is 0.688. The van der Waals surface area contributed by atoms with Gasteiger partial charge in [0.2, 0.25) is 11.8 Å². The molecule has 1 fully saturated rings. The van der Waals surface area contributed by atoms with E-state index >= 15 is 0 Å². The second-order valence-electron chi connectivity index (χ2n) is 7.26. The Morgan fingerprint density at radius 1 is 1.36 bits per heavy atom. The average Bonchev–Trinajstić information content (AvgIpc) is 3.01. The maximum Gasteiger partial charge on any atom is 0.228 e. The van der Waals surface area contributed by atoms with Gasteiger partial charge < -0.3 is 14.3 Å². The Morgan fingerprint density at radius 3 is 2.73 bits per heavy atom. The van der Waals surface area contributed by atoms with Crippen LogP contribution in [0.25, 0.3) is 0 Å². The minimum absolute atomic E-state index is 0.0554. The van der Waals surface area contributed by atoms with Gasteiger partial charge in [0, 0.05) is 30.6 Å². The van der Waals surface area contributed by atoms with Crippen LogP contribution in [-0.2, 0) is 22.6 Å². The highest BCUT2D eigenvalue weighted by molar-refractivity contribution is 5.89. The fourth-order valence-electron chi connectivity index (χ4n) is 3.35. The number of amides is 2. The smallest absolute Gasteiger partial charge is 0.228 e. The Bertz CT molecular complexity index is 615. The second kappa shape index (κ2) is 5.11. The molecule has 2 aliphatic rings. The van der Waals surface area contributed by atoms with Crippen LogP contribution in [0.1, 0.15) is 44.2 Å². The van der Waals surface area contributed by atoms with Crippen LogP contribution in [0.2, 0.25) is 0 Å². The number of hydrogen-bond donors (Lipinski definition) is 0. The van der Waals surface area contributed by atoms with Crippen molar-refractivity contribution in [2.45, 2.75) is 52.6 Å². The van der Waals surface area contributed by atoms with Gasteiger partial charge in [-0.3, -0.25) is 9.59 Å². The van der Waals surface area contributed by atoms with Crippen molar-refractivity contribution in [3.8, 4) is 0 Å². The lowest BCUT2D eigenvalue weighted by Gasteiger charge is -2.32. The van der Waals surface area contributed by atoms with Crippen LogP contribution in [-0.4, -0.2) is 45.4 Å². The molecular weight excluding hydrogens is 282 g/mol. The van der Waals surface area contributed by atoms with Gasteiger partial charge in [0.05, 0.1) is 18.2 Å². The number of rotatable bonds is 1. The Balaban J connectivity index is 1.70. The first-order valence-electron chi connectivity index (χ1n) is 7.80. The Morgan fingerprint density at radius 2 is 2.09 bits per heavy atom. The molecule has 0 aliphatic carbocycles. The Labute approximate surface area is 130 Å². The lowest BCUT2D eigenvalue weighted by atomic mass is 10.0. The first-order chi connectivity index (χ1) is 10.3. The van der Waals surface area contributed by atoms with Gasteiger partial charge in [-0.05, 0) is 34.1 Å². The topological polar surface area (TPSA) is 66.7 Å². The molecule has 0 radical (unpaired) electrons. The van der Waals surface area contributed by atoms with E-state index in [1.165, 1.54) is 0 Å². The van der Waals surface area contributed by atoms with Crippen molar-refractivity contribution in [1.29, 1.82) is 0 Å². The Kier molecular flexibility index (Phi) is 3.50. The first kappa shape index (κ1) is 15.1. The van der Waals surface area contributed by atoms with Gasteiger partial charge in [0.25, 0.3) is 0 Å². The molecule has 0 saturated carbocycles. The zero-order chi connectivity index (χ0) is 16.1. The van der Waals surface area contributed by atoms with E-state index in [1.54, 1.807) is 4.90 Å². The summed E-state index contributed by atoms with van der Waals surface area (Å²) in [5.74, 6) is 0.672. The normalized spacial score (nSPS) is 22.2. The monoisotopic (exact) mass is 305 g/mol. The lowest BCUT2D eigenvalue weighted by molar-refractivity contribution is -0.137. The van der Waals surface area contributed by atoms with E-state index in [-0.39, 0.29) is 23.3 Å². The van der Waals surface area contributed by atoms with E-state index in [1.807, 2.05) is 32.6 Å². The van der Waals surface area contributed by atoms with Crippen LogP contribution in [0.15, 0.2) is 4.52 Å². The molecule has 3 heterocycles. The van der Waals surface area contributed by atoms with Crippen molar-refractivity contribution in [2.75, 3.05) is 13.1 Å². The highest BCUT2D eigenvalue weighted by Crippen LogP contribution is 2.29. The molecule has 6 heteroatoms. The van der Waals surface area contributed by atoms with Gasteiger partial charge in [-0.25, -0.2) is 0 Å². The van der Waals surface area contributed by atoms with Crippen molar-refractivity contribution in [3.63, 3.8) is 0 Å². The summed E-state index contributed by atoms with van der Waals surface area (Å²) >= 11 is 0. The van der Waals surface area contributed by atoms with Crippen LogP contribution in [0.4, 0.5) is 0 Å². The molecular formula is C16H23N3O3. The number of hydrogen-bond acceptors (Lipinski definition) is 4. The van der Waals surface area contributed by atoms with Crippen LogP contribution in [0.5, 0.6) is 0 Å². The SMILES string of the molecule is Cc1noc2c1CCN(C(=O)C1CC(=O)N(C(C)(C)C)C1)C2. The molecule has 1 saturated heterocycles. The summed E-state index contributed by atoms with van der Waals surface area (Å²) < 4.78 is 5.31. The highest BCUT2D eigenvalue weighted by atomic mass is 16.5. The van der Waals surface area contributed by atoms with Gasteiger partial charge in [-0.2, -0.15) is 0 Å². The number of likely N-dealkylation sites (tertiary alicyclic amines) is 1. The highest BCUT2D eigenvalue weighted by Gasteiger charge is 2.41. The summed E-state index contributed by atoms with van der Waals surface area (Å²) in [5, 5.41) is 3.97. The van der Waals surface area contributed by atoms with Crippen LogP contribution >= 0.6 is 0 Å². The molecule has 1 atom stereocenters. The van der Waals surface area contributed by atoms with Crippen LogP contribution < -0.4 is 0 Å². The van der Waals surface area contributed by atoms with E-state index < -0.39 is 0 Å². The molecule has 0 aromatic carbocycles. The second-order valence-corrected chi connectivity index (χ2v) is 7.26. The van der Waals surface area contributed by atoms with Crippen LogP contribution in [0.3, 0.4) is 0 Å². The van der Waals surface area contributed by atoms with Gasteiger partial charge in [0.1, 0.15) is 0 Å². The molecule has 0 spiro atoms. The largest absolute Gasteiger partial charge is 0.359 e. The van der Waals surface area contributed by atoms with E-state index in [9.17, 15) is 9.59 Å². The summed E-state index contributed by atoms with van der Waals surface area (Å²) in [6, 6.07) is 0. The molecule has 2 aliphatic heterocycles. The summed E-state index contributed by atoms with van der Waals surface area (Å²) in [6.07, 6.45) is 1.09. The predicted octanol–water partition coefficient (Wildman–Crippen LogP) is 1.51. The molecule has 2 amide bonds. The molecule has 1 unspecified atom stereocenters. The van der Waals surface area contributed by atoms with Gasteiger partial charge in [-0.1, -0.05) is 5.16 Å². The van der Waals surface area contributed by atoms with Crippen molar-refractivity contribution in [3.05, 3.63) is 17.0 Å². The molecule has 1 aromatic heterocycles. The van der Waals surface area contributed by atoms with Crippen molar-refractivity contribution in [1.82, 2.24) is 15.0 Å². The molecule has 120 valence electrons. The summed E-state index contributed by atoms with van der Waals surface area (Å²) in [5.41, 5.74) is 1.81. The molecule has 3 rings (SSSR count). The zero-order valence-corrected chi connectivity index (χ0v) is 13.7. The lowest BCUT2D eigenvalue weighted by Crippen LogP contribution is -2.44. The number of carbonyl (C=O) groups excluding carboxylic acids is 2. The number of fused-ring (bicyclic) bond motifs is 1. The van der Waals surface area contributed by atoms with Gasteiger partial charge in [-0.15, -0.1) is 0 Å². The maximum absolute atomic E-state index is 12.7. The molecule has 6 nitrogen and oxygen atoms in total. The van der Waals surface area contributed by atoms with Crippen LogP contribution in [0, 0.1) is 12.8 Å².